The molecule has 0 N–H and O–H groups in total. The molecule has 4 nitrogen and oxygen atoms in total. The molecule has 2 amide bonds. The summed E-state index contributed by atoms with van der Waals surface area (Å²) in [6.45, 7) is -0.0244. The van der Waals surface area contributed by atoms with E-state index < -0.39 is 17.0 Å². The maximum atomic E-state index is 13.2. The summed E-state index contributed by atoms with van der Waals surface area (Å²) in [4.78, 5) is 26.3. The van der Waals surface area contributed by atoms with Crippen LogP contribution in [0.1, 0.15) is 11.3 Å². The molecule has 1 saturated heterocycles. The summed E-state index contributed by atoms with van der Waals surface area (Å²) in [5.41, 5.74) is 1.39. The average molecular weight is 493 g/mol. The quantitative estimate of drug-likeness (QED) is 0.379. The van der Waals surface area contributed by atoms with E-state index in [4.69, 9.17) is 16.0 Å². The predicted molar refractivity (Wildman–Crippen MR) is 115 cm³/mol. The average Bonchev–Trinajstić information content (AvgIpc) is 3.25. The van der Waals surface area contributed by atoms with Crippen molar-refractivity contribution in [3.05, 3.63) is 86.1 Å². The van der Waals surface area contributed by atoms with E-state index >= 15 is 0 Å². The lowest BCUT2D eigenvalue weighted by Crippen LogP contribution is -2.27. The zero-order chi connectivity index (χ0) is 20.5. The van der Waals surface area contributed by atoms with E-state index in [9.17, 15) is 14.0 Å². The number of halogens is 3. The molecule has 1 aromatic heterocycles. The van der Waals surface area contributed by atoms with Crippen LogP contribution in [0.3, 0.4) is 0 Å². The van der Waals surface area contributed by atoms with Crippen molar-refractivity contribution in [1.29, 1.82) is 0 Å². The van der Waals surface area contributed by atoms with E-state index in [0.717, 1.165) is 32.8 Å². The Hall–Kier alpha value is -2.35. The fourth-order valence-corrected chi connectivity index (χ4v) is 4.10. The van der Waals surface area contributed by atoms with Crippen LogP contribution in [0.2, 0.25) is 5.02 Å². The zero-order valence-electron chi connectivity index (χ0n) is 14.7. The Balaban J connectivity index is 1.54. The van der Waals surface area contributed by atoms with Gasteiger partial charge < -0.3 is 4.42 Å². The smallest absolute Gasteiger partial charge is 0.293 e. The molecule has 0 atom stereocenters. The summed E-state index contributed by atoms with van der Waals surface area (Å²) in [5.74, 6) is 0.198. The van der Waals surface area contributed by atoms with E-state index in [-0.39, 0.29) is 16.5 Å². The highest BCUT2D eigenvalue weighted by atomic mass is 79.9. The molecule has 146 valence electrons. The molecule has 1 aliphatic heterocycles. The van der Waals surface area contributed by atoms with Gasteiger partial charge in [0.2, 0.25) is 0 Å². The summed E-state index contributed by atoms with van der Waals surface area (Å²) in [5, 5.41) is -0.250. The SMILES string of the molecule is O=C1S/C(=C\c2ccc(-c3ccc(Br)cc3)o2)C(=O)N1Cc1ccc(F)cc1Cl. The van der Waals surface area contributed by atoms with E-state index in [1.165, 1.54) is 12.1 Å². The molecule has 0 saturated carbocycles. The Kier molecular flexibility index (Phi) is 5.63. The van der Waals surface area contributed by atoms with Gasteiger partial charge in [0.25, 0.3) is 11.1 Å². The number of furan rings is 1. The van der Waals surface area contributed by atoms with Crippen LogP contribution in [-0.4, -0.2) is 16.0 Å². The van der Waals surface area contributed by atoms with E-state index in [1.54, 1.807) is 18.2 Å². The second-order valence-electron chi connectivity index (χ2n) is 6.21. The van der Waals surface area contributed by atoms with Gasteiger partial charge in [0, 0.05) is 21.1 Å². The molecular weight excluding hydrogens is 481 g/mol. The normalized spacial score (nSPS) is 15.6. The molecule has 0 aliphatic carbocycles. The second-order valence-corrected chi connectivity index (χ2v) is 8.53. The Morgan fingerprint density at radius 2 is 1.86 bits per heavy atom. The van der Waals surface area contributed by atoms with Crippen LogP contribution < -0.4 is 0 Å². The molecule has 3 aromatic rings. The lowest BCUT2D eigenvalue weighted by atomic mass is 10.2. The minimum Gasteiger partial charge on any atom is -0.457 e. The van der Waals surface area contributed by atoms with Crippen molar-refractivity contribution in [2.24, 2.45) is 0 Å². The highest BCUT2D eigenvalue weighted by molar-refractivity contribution is 9.10. The largest absolute Gasteiger partial charge is 0.457 e. The van der Waals surface area contributed by atoms with Gasteiger partial charge >= 0.3 is 0 Å². The first-order valence-electron chi connectivity index (χ1n) is 8.46. The maximum Gasteiger partial charge on any atom is 0.293 e. The summed E-state index contributed by atoms with van der Waals surface area (Å²) in [6, 6.07) is 15.0. The van der Waals surface area contributed by atoms with E-state index in [0.29, 0.717) is 17.1 Å². The third-order valence-electron chi connectivity index (χ3n) is 4.25. The van der Waals surface area contributed by atoms with Gasteiger partial charge in [0.15, 0.2) is 0 Å². The number of carbonyl (C=O) groups excluding carboxylic acids is 2. The summed E-state index contributed by atoms with van der Waals surface area (Å²) >= 11 is 10.2. The van der Waals surface area contributed by atoms with E-state index in [1.807, 2.05) is 24.3 Å². The molecule has 4 rings (SSSR count). The minimum absolute atomic E-state index is 0.0244. The Bertz CT molecular complexity index is 1140. The number of amides is 2. The van der Waals surface area contributed by atoms with Gasteiger partial charge in [-0.15, -0.1) is 0 Å². The lowest BCUT2D eigenvalue weighted by molar-refractivity contribution is -0.123. The molecule has 8 heteroatoms. The van der Waals surface area contributed by atoms with Crippen LogP contribution in [0.4, 0.5) is 9.18 Å². The molecular formula is C21H12BrClFNO3S. The van der Waals surface area contributed by atoms with Crippen molar-refractivity contribution in [3.63, 3.8) is 0 Å². The monoisotopic (exact) mass is 491 g/mol. The van der Waals surface area contributed by atoms with Gasteiger partial charge in [0.05, 0.1) is 11.4 Å². The number of hydrogen-bond donors (Lipinski definition) is 0. The van der Waals surface area contributed by atoms with Gasteiger partial charge in [-0.25, -0.2) is 4.39 Å². The number of nitrogens with zero attached hydrogens (tertiary/aromatic N) is 1. The molecule has 29 heavy (non-hydrogen) atoms. The Morgan fingerprint density at radius 1 is 1.10 bits per heavy atom. The number of thioether (sulfide) groups is 1. The second kappa shape index (κ2) is 8.18. The predicted octanol–water partition coefficient (Wildman–Crippen LogP) is 6.74. The zero-order valence-corrected chi connectivity index (χ0v) is 17.9. The van der Waals surface area contributed by atoms with Crippen molar-refractivity contribution < 1.29 is 18.4 Å². The summed E-state index contributed by atoms with van der Waals surface area (Å²) in [6.07, 6.45) is 1.54. The molecule has 2 heterocycles. The lowest BCUT2D eigenvalue weighted by Gasteiger charge is -2.13. The van der Waals surface area contributed by atoms with Crippen LogP contribution in [0.25, 0.3) is 17.4 Å². The molecule has 1 aliphatic rings. The van der Waals surface area contributed by atoms with Gasteiger partial charge in [-0.1, -0.05) is 45.7 Å². The van der Waals surface area contributed by atoms with Crippen LogP contribution in [0.15, 0.2) is 68.4 Å². The molecule has 0 bridgehead atoms. The van der Waals surface area contributed by atoms with Crippen molar-refractivity contribution >= 4 is 56.5 Å². The minimum atomic E-state index is -0.479. The van der Waals surface area contributed by atoms with Crippen LogP contribution in [-0.2, 0) is 11.3 Å². The third kappa shape index (κ3) is 4.32. The van der Waals surface area contributed by atoms with Gasteiger partial charge in [-0.05, 0) is 53.7 Å². The van der Waals surface area contributed by atoms with Crippen molar-refractivity contribution in [1.82, 2.24) is 4.90 Å². The van der Waals surface area contributed by atoms with Crippen molar-refractivity contribution in [3.8, 4) is 11.3 Å². The first kappa shape index (κ1) is 19.9. The molecule has 0 radical (unpaired) electrons. The first-order valence-corrected chi connectivity index (χ1v) is 10.4. The maximum absolute atomic E-state index is 13.2. The van der Waals surface area contributed by atoms with Crippen LogP contribution >= 0.6 is 39.3 Å². The van der Waals surface area contributed by atoms with Crippen molar-refractivity contribution in [2.75, 3.05) is 0 Å². The molecule has 1 fully saturated rings. The number of benzene rings is 2. The highest BCUT2D eigenvalue weighted by Gasteiger charge is 2.35. The Morgan fingerprint density at radius 3 is 2.59 bits per heavy atom. The number of hydrogen-bond acceptors (Lipinski definition) is 4. The number of carbonyl (C=O) groups is 2. The fraction of sp³-hybridized carbons (Fsp3) is 0.0476. The van der Waals surface area contributed by atoms with Crippen molar-refractivity contribution in [2.45, 2.75) is 6.54 Å². The number of imide groups is 1. The molecule has 0 spiro atoms. The van der Waals surface area contributed by atoms with E-state index in [2.05, 4.69) is 15.9 Å². The fourth-order valence-electron chi connectivity index (χ4n) is 2.79. The first-order chi connectivity index (χ1) is 13.9. The van der Waals surface area contributed by atoms with Crippen LogP contribution in [0.5, 0.6) is 0 Å². The molecule has 2 aromatic carbocycles. The topological polar surface area (TPSA) is 50.5 Å². The summed E-state index contributed by atoms with van der Waals surface area (Å²) in [7, 11) is 0. The van der Waals surface area contributed by atoms with Gasteiger partial charge in [-0.2, -0.15) is 0 Å². The van der Waals surface area contributed by atoms with Crippen LogP contribution in [0, 0.1) is 5.82 Å². The molecule has 0 unspecified atom stereocenters. The Labute approximate surface area is 183 Å². The third-order valence-corrected chi connectivity index (χ3v) is 6.03. The van der Waals surface area contributed by atoms with Gasteiger partial charge in [-0.3, -0.25) is 14.5 Å². The highest BCUT2D eigenvalue weighted by Crippen LogP contribution is 2.35. The van der Waals surface area contributed by atoms with Gasteiger partial charge in [0.1, 0.15) is 17.3 Å². The standard InChI is InChI=1S/C21H12BrClFNO3S/c22-14-4-1-12(2-5-14)18-8-7-16(28-18)10-19-20(26)25(21(27)29-19)11-13-3-6-15(24)9-17(13)23/h1-10H,11H2/b19-10-. The summed E-state index contributed by atoms with van der Waals surface area (Å²) < 4.78 is 20.0. The number of rotatable bonds is 4.